The highest BCUT2D eigenvalue weighted by atomic mass is 19.4. The molecule has 0 bridgehead atoms. The monoisotopic (exact) mass is 451 g/mol. The van der Waals surface area contributed by atoms with Crippen molar-refractivity contribution in [2.24, 2.45) is 22.7 Å². The third-order valence-corrected chi connectivity index (χ3v) is 7.02. The molecule has 1 saturated heterocycles. The highest BCUT2D eigenvalue weighted by Gasteiger charge is 2.60. The van der Waals surface area contributed by atoms with E-state index in [0.29, 0.717) is 17.7 Å². The maximum absolute atomic E-state index is 13.3. The number of amidine groups is 1. The Hall–Kier alpha value is -2.42. The number of alkyl halides is 3. The molecule has 0 aromatic heterocycles. The Morgan fingerprint density at radius 3 is 2.44 bits per heavy atom. The number of aliphatic imine (C=N–C) groups is 1. The van der Waals surface area contributed by atoms with Gasteiger partial charge < -0.3 is 5.11 Å². The molecule has 1 aromatic rings. The first kappa shape index (κ1) is 22.8. The molecule has 0 radical (unpaired) electrons. The van der Waals surface area contributed by atoms with Gasteiger partial charge in [-0.25, -0.2) is 4.79 Å². The van der Waals surface area contributed by atoms with Gasteiger partial charge in [-0.3, -0.25) is 19.6 Å². The summed E-state index contributed by atoms with van der Waals surface area (Å²) in [4.78, 5) is 31.8. The summed E-state index contributed by atoms with van der Waals surface area (Å²) in [5.74, 6) is 0.282. The van der Waals surface area contributed by atoms with Gasteiger partial charge in [0.05, 0.1) is 0 Å². The molecule has 174 valence electrons. The molecule has 4 aliphatic rings. The second kappa shape index (κ2) is 8.50. The lowest BCUT2D eigenvalue weighted by Crippen LogP contribution is -2.47. The van der Waals surface area contributed by atoms with Crippen molar-refractivity contribution in [3.8, 4) is 0 Å². The molecule has 32 heavy (non-hydrogen) atoms. The van der Waals surface area contributed by atoms with Crippen LogP contribution in [0, 0.1) is 17.8 Å². The van der Waals surface area contributed by atoms with Gasteiger partial charge in [0.1, 0.15) is 11.4 Å². The van der Waals surface area contributed by atoms with Gasteiger partial charge >= 0.3 is 12.1 Å². The van der Waals surface area contributed by atoms with Crippen LogP contribution in [-0.4, -0.2) is 64.0 Å². The lowest BCUT2D eigenvalue weighted by atomic mass is 9.85. The van der Waals surface area contributed by atoms with E-state index in [9.17, 15) is 18.0 Å². The normalized spacial score (nSPS) is 29.7. The number of fused-ring (bicyclic) bond motifs is 2. The number of halogens is 3. The first-order valence-corrected chi connectivity index (χ1v) is 11.0. The Morgan fingerprint density at radius 1 is 1.19 bits per heavy atom. The van der Waals surface area contributed by atoms with E-state index < -0.39 is 17.7 Å². The van der Waals surface area contributed by atoms with E-state index in [1.54, 1.807) is 0 Å². The fourth-order valence-electron chi connectivity index (χ4n) is 5.31. The second-order valence-corrected chi connectivity index (χ2v) is 9.33. The Morgan fingerprint density at radius 2 is 1.84 bits per heavy atom. The summed E-state index contributed by atoms with van der Waals surface area (Å²) in [5, 5.41) is 7.12. The second-order valence-electron chi connectivity index (χ2n) is 9.33. The van der Waals surface area contributed by atoms with Crippen molar-refractivity contribution in [2.45, 2.75) is 50.9 Å². The Labute approximate surface area is 185 Å². The number of hydrogen-bond acceptors (Lipinski definition) is 4. The van der Waals surface area contributed by atoms with E-state index in [0.717, 1.165) is 50.8 Å². The Kier molecular flexibility index (Phi) is 6.04. The average molecular weight is 451 g/mol. The smallest absolute Gasteiger partial charge is 0.475 e. The van der Waals surface area contributed by atoms with Gasteiger partial charge in [-0.1, -0.05) is 30.3 Å². The molecule has 3 fully saturated rings. The van der Waals surface area contributed by atoms with Crippen LogP contribution in [0.25, 0.3) is 0 Å². The molecular formula is C23H28F3N3O3. The summed E-state index contributed by atoms with van der Waals surface area (Å²) < 4.78 is 31.7. The third kappa shape index (κ3) is 4.53. The lowest BCUT2D eigenvalue weighted by Gasteiger charge is -2.28. The number of carbonyl (C=O) groups is 2. The first-order chi connectivity index (χ1) is 15.1. The van der Waals surface area contributed by atoms with Crippen molar-refractivity contribution in [1.82, 2.24) is 9.80 Å². The number of carboxylic acids is 1. The van der Waals surface area contributed by atoms with E-state index in [1.807, 2.05) is 11.8 Å². The maximum atomic E-state index is 13.3. The van der Waals surface area contributed by atoms with Crippen molar-refractivity contribution >= 4 is 17.7 Å². The van der Waals surface area contributed by atoms with Crippen molar-refractivity contribution in [3.05, 3.63) is 35.9 Å². The van der Waals surface area contributed by atoms with Crippen LogP contribution in [0.3, 0.4) is 0 Å². The summed E-state index contributed by atoms with van der Waals surface area (Å²) >= 11 is 0. The predicted octanol–water partition coefficient (Wildman–Crippen LogP) is 3.57. The molecule has 1 N–H and O–H groups in total. The van der Waals surface area contributed by atoms with Crippen LogP contribution in [0.5, 0.6) is 0 Å². The minimum absolute atomic E-state index is 0.311. The number of aliphatic carboxylic acids is 1. The number of benzene rings is 1. The van der Waals surface area contributed by atoms with E-state index in [1.165, 1.54) is 18.4 Å². The van der Waals surface area contributed by atoms with Gasteiger partial charge in [0.2, 0.25) is 0 Å². The zero-order valence-electron chi connectivity index (χ0n) is 18.0. The molecule has 2 aliphatic carbocycles. The topological polar surface area (TPSA) is 73.2 Å². The molecule has 9 heteroatoms. The summed E-state index contributed by atoms with van der Waals surface area (Å²) in [7, 11) is 0. The van der Waals surface area contributed by atoms with Crippen molar-refractivity contribution in [1.29, 1.82) is 0 Å². The zero-order valence-corrected chi connectivity index (χ0v) is 18.0. The fourth-order valence-corrected chi connectivity index (χ4v) is 5.31. The van der Waals surface area contributed by atoms with Crippen LogP contribution >= 0.6 is 0 Å². The number of carboxylic acid groups (broad SMARTS) is 1. The molecule has 0 unspecified atom stereocenters. The molecular weight excluding hydrogens is 423 g/mol. The average Bonchev–Trinajstić information content (AvgIpc) is 3.30. The summed E-state index contributed by atoms with van der Waals surface area (Å²) in [6, 6.07) is 10.7. The number of amides is 1. The summed E-state index contributed by atoms with van der Waals surface area (Å²) in [6.45, 7) is 6.07. The van der Waals surface area contributed by atoms with Crippen LogP contribution < -0.4 is 0 Å². The molecule has 5 rings (SSSR count). The molecule has 1 spiro atoms. The Balaban J connectivity index is 0.000000307. The molecule has 1 aromatic carbocycles. The van der Waals surface area contributed by atoms with E-state index in [-0.39, 0.29) is 0 Å². The minimum atomic E-state index is -5.08. The van der Waals surface area contributed by atoms with Gasteiger partial charge in [-0.15, -0.1) is 0 Å². The van der Waals surface area contributed by atoms with E-state index in [4.69, 9.17) is 14.9 Å². The van der Waals surface area contributed by atoms with Gasteiger partial charge in [-0.2, -0.15) is 13.2 Å². The first-order valence-electron chi connectivity index (χ1n) is 11.0. The fraction of sp³-hybridized carbons (Fsp3) is 0.609. The molecule has 3 atom stereocenters. The summed E-state index contributed by atoms with van der Waals surface area (Å²) in [5.41, 5.74) is 0.930. The van der Waals surface area contributed by atoms with Crippen LogP contribution in [0.1, 0.15) is 38.2 Å². The van der Waals surface area contributed by atoms with Crippen LogP contribution in [0.2, 0.25) is 0 Å². The quantitative estimate of drug-likeness (QED) is 0.760. The molecule has 2 saturated carbocycles. The number of carbonyl (C=O) groups excluding carboxylic acids is 1. The highest BCUT2D eigenvalue weighted by Crippen LogP contribution is 2.50. The van der Waals surface area contributed by atoms with E-state index in [2.05, 4.69) is 35.2 Å². The largest absolute Gasteiger partial charge is 0.490 e. The number of likely N-dealkylation sites (tertiary alicyclic amines) is 1. The van der Waals surface area contributed by atoms with Crippen LogP contribution in [0.4, 0.5) is 13.2 Å². The number of rotatable bonds is 4. The third-order valence-electron chi connectivity index (χ3n) is 7.02. The molecule has 6 nitrogen and oxygen atoms in total. The van der Waals surface area contributed by atoms with E-state index >= 15 is 0 Å². The van der Waals surface area contributed by atoms with Crippen molar-refractivity contribution < 1.29 is 27.9 Å². The maximum Gasteiger partial charge on any atom is 0.490 e. The van der Waals surface area contributed by atoms with Gasteiger partial charge in [0.15, 0.2) is 0 Å². The zero-order chi connectivity index (χ0) is 23.1. The van der Waals surface area contributed by atoms with Crippen molar-refractivity contribution in [3.63, 3.8) is 0 Å². The SMILES string of the molecule is CC1=N[C@@]2(CC[C@@H]3CN(Cc4ccccc4)C[C@@H]32)C(=O)N1CC1CC1.O=C(O)C(F)(F)F. The minimum Gasteiger partial charge on any atom is -0.475 e. The van der Waals surface area contributed by atoms with Crippen molar-refractivity contribution in [2.75, 3.05) is 19.6 Å². The molecule has 1 amide bonds. The number of hydrogen-bond donors (Lipinski definition) is 1. The van der Waals surface area contributed by atoms with Gasteiger partial charge in [0, 0.05) is 32.1 Å². The van der Waals surface area contributed by atoms with Crippen LogP contribution in [-0.2, 0) is 16.1 Å². The summed E-state index contributed by atoms with van der Waals surface area (Å²) in [6.07, 6.45) is -0.420. The number of nitrogens with zero attached hydrogens (tertiary/aromatic N) is 3. The Bertz CT molecular complexity index is 901. The highest BCUT2D eigenvalue weighted by molar-refractivity contribution is 6.07. The van der Waals surface area contributed by atoms with Gasteiger partial charge in [0.25, 0.3) is 5.91 Å². The van der Waals surface area contributed by atoms with Gasteiger partial charge in [-0.05, 0) is 50.0 Å². The standard InChI is InChI=1S/C21H27N3O.C2HF3O2/c1-15-22-21(20(25)24(15)12-17-7-8-17)10-9-18-13-23(14-19(18)21)11-16-5-3-2-4-6-16;3-2(4,5)1(6)7/h2-6,17-19H,7-14H2,1H3;(H,6,7)/t18-,19+,21-;/m1./s1. The molecule has 2 heterocycles. The van der Waals surface area contributed by atoms with Crippen LogP contribution in [0.15, 0.2) is 35.3 Å². The molecule has 2 aliphatic heterocycles. The predicted molar refractivity (Wildman–Crippen MR) is 112 cm³/mol. The lowest BCUT2D eigenvalue weighted by molar-refractivity contribution is -0.192.